The molecule has 9 heteroatoms. The summed E-state index contributed by atoms with van der Waals surface area (Å²) in [7, 11) is 1.38. The molecule has 3 rings (SSSR count). The van der Waals surface area contributed by atoms with Gasteiger partial charge >= 0.3 is 5.97 Å². The standard InChI is InChI=1S/C20H25BrN4O3S/c1-5-7-10-29-20-23-19-22-12(3)16(18(26)27-4)17(25(19)24-20)14-11-13(21)8-9-15(14)28-6-2/h8-9,11,17H,5-7,10H2,1-4H3,(H,22,23,24)/t17-/m0/s1. The smallest absolute Gasteiger partial charge is 0.338 e. The maximum absolute atomic E-state index is 12.7. The molecule has 0 aliphatic carbocycles. The quantitative estimate of drug-likeness (QED) is 0.330. The number of carbonyl (C=O) groups is 1. The number of ether oxygens (including phenoxy) is 2. The first-order chi connectivity index (χ1) is 14.0. The van der Waals surface area contributed by atoms with Crippen LogP contribution < -0.4 is 10.1 Å². The van der Waals surface area contributed by atoms with Gasteiger partial charge in [-0.3, -0.25) is 0 Å². The van der Waals surface area contributed by atoms with Crippen molar-refractivity contribution in [1.82, 2.24) is 14.8 Å². The van der Waals surface area contributed by atoms with Crippen LogP contribution >= 0.6 is 27.7 Å². The summed E-state index contributed by atoms with van der Waals surface area (Å²) in [6.07, 6.45) is 2.21. The maximum atomic E-state index is 12.7. The van der Waals surface area contributed by atoms with Gasteiger partial charge in [0.2, 0.25) is 11.1 Å². The van der Waals surface area contributed by atoms with Crippen molar-refractivity contribution in [2.75, 3.05) is 24.8 Å². The van der Waals surface area contributed by atoms with Gasteiger partial charge in [-0.2, -0.15) is 4.98 Å². The Hall–Kier alpha value is -2.00. The van der Waals surface area contributed by atoms with Crippen molar-refractivity contribution in [3.63, 3.8) is 0 Å². The SMILES string of the molecule is CCCCSc1nc2n(n1)[C@@H](c1cc(Br)ccc1OCC)C(C(=O)OC)=C(C)N2. The lowest BCUT2D eigenvalue weighted by atomic mass is 9.95. The lowest BCUT2D eigenvalue weighted by Gasteiger charge is -2.29. The first kappa shape index (κ1) is 21.7. The molecule has 0 spiro atoms. The zero-order chi connectivity index (χ0) is 21.0. The van der Waals surface area contributed by atoms with Crippen molar-refractivity contribution >= 4 is 39.6 Å². The highest BCUT2D eigenvalue weighted by molar-refractivity contribution is 9.10. The lowest BCUT2D eigenvalue weighted by Crippen LogP contribution is -2.29. The van der Waals surface area contributed by atoms with Crippen LogP contribution in [0.25, 0.3) is 0 Å². The summed E-state index contributed by atoms with van der Waals surface area (Å²) >= 11 is 5.15. The van der Waals surface area contributed by atoms with Gasteiger partial charge in [0.05, 0.1) is 19.3 Å². The third kappa shape index (κ3) is 4.61. The lowest BCUT2D eigenvalue weighted by molar-refractivity contribution is -0.136. The van der Waals surface area contributed by atoms with E-state index in [2.05, 4.69) is 33.2 Å². The van der Waals surface area contributed by atoms with Gasteiger partial charge in [-0.25, -0.2) is 9.48 Å². The highest BCUT2D eigenvalue weighted by atomic mass is 79.9. The molecule has 1 N–H and O–H groups in total. The molecule has 0 amide bonds. The minimum atomic E-state index is -0.509. The second-order valence-corrected chi connectivity index (χ2v) is 8.52. The molecule has 2 heterocycles. The van der Waals surface area contributed by atoms with Gasteiger partial charge in [0.25, 0.3) is 0 Å². The predicted octanol–water partition coefficient (Wildman–Crippen LogP) is 4.79. The van der Waals surface area contributed by atoms with Crippen LogP contribution in [-0.2, 0) is 9.53 Å². The first-order valence-electron chi connectivity index (χ1n) is 9.57. The number of unbranched alkanes of at least 4 members (excludes halogenated alkanes) is 1. The Morgan fingerprint density at radius 2 is 2.17 bits per heavy atom. The predicted molar refractivity (Wildman–Crippen MR) is 117 cm³/mol. The summed E-state index contributed by atoms with van der Waals surface area (Å²) in [6, 6.07) is 5.25. The Morgan fingerprint density at radius 1 is 1.38 bits per heavy atom. The fourth-order valence-corrected chi connectivity index (χ4v) is 4.47. The molecule has 1 aromatic heterocycles. The first-order valence-corrected chi connectivity index (χ1v) is 11.4. The van der Waals surface area contributed by atoms with E-state index in [0.29, 0.717) is 34.7 Å². The number of carbonyl (C=O) groups excluding carboxylic acids is 1. The molecular weight excluding hydrogens is 456 g/mol. The molecule has 0 saturated carbocycles. The number of anilines is 1. The Kier molecular flexibility index (Phi) is 7.23. The van der Waals surface area contributed by atoms with E-state index < -0.39 is 12.0 Å². The van der Waals surface area contributed by atoms with Crippen LogP contribution in [0, 0.1) is 0 Å². The number of hydrogen-bond acceptors (Lipinski definition) is 7. The van der Waals surface area contributed by atoms with Gasteiger partial charge in [0.15, 0.2) is 0 Å². The zero-order valence-corrected chi connectivity index (χ0v) is 19.4. The molecule has 0 saturated heterocycles. The summed E-state index contributed by atoms with van der Waals surface area (Å²) in [5.74, 6) is 1.82. The molecule has 0 unspecified atom stereocenters. The van der Waals surface area contributed by atoms with Gasteiger partial charge in [0, 0.05) is 21.5 Å². The van der Waals surface area contributed by atoms with Crippen molar-refractivity contribution in [1.29, 1.82) is 0 Å². The average Bonchev–Trinajstić information content (AvgIpc) is 3.10. The summed E-state index contributed by atoms with van der Waals surface area (Å²) in [6.45, 7) is 6.44. The van der Waals surface area contributed by atoms with E-state index in [1.54, 1.807) is 16.4 Å². The van der Waals surface area contributed by atoms with E-state index in [0.717, 1.165) is 28.6 Å². The van der Waals surface area contributed by atoms with Crippen molar-refractivity contribution < 1.29 is 14.3 Å². The summed E-state index contributed by atoms with van der Waals surface area (Å²) in [5.41, 5.74) is 1.99. The second-order valence-electron chi connectivity index (χ2n) is 6.54. The molecular formula is C20H25BrN4O3S. The number of fused-ring (bicyclic) bond motifs is 1. The van der Waals surface area contributed by atoms with Crippen LogP contribution in [0.1, 0.15) is 45.2 Å². The van der Waals surface area contributed by atoms with Gasteiger partial charge in [-0.1, -0.05) is 41.0 Å². The third-order valence-electron chi connectivity index (χ3n) is 4.53. The Labute approximate surface area is 183 Å². The van der Waals surface area contributed by atoms with Gasteiger partial charge in [0.1, 0.15) is 11.8 Å². The minimum Gasteiger partial charge on any atom is -0.494 e. The monoisotopic (exact) mass is 480 g/mol. The average molecular weight is 481 g/mol. The molecule has 156 valence electrons. The number of esters is 1. The number of benzene rings is 1. The van der Waals surface area contributed by atoms with Gasteiger partial charge in [-0.05, 0) is 38.5 Å². The number of thioether (sulfide) groups is 1. The molecule has 1 aliphatic rings. The van der Waals surface area contributed by atoms with Crippen LogP contribution in [0.15, 0.2) is 39.1 Å². The largest absolute Gasteiger partial charge is 0.494 e. The van der Waals surface area contributed by atoms with E-state index in [4.69, 9.17) is 14.6 Å². The van der Waals surface area contributed by atoms with Crippen molar-refractivity contribution in [3.8, 4) is 5.75 Å². The summed E-state index contributed by atoms with van der Waals surface area (Å²) in [5, 5.41) is 8.59. The number of allylic oxidation sites excluding steroid dienone is 1. The van der Waals surface area contributed by atoms with Crippen molar-refractivity contribution in [3.05, 3.63) is 39.5 Å². The van der Waals surface area contributed by atoms with Crippen LogP contribution in [0.3, 0.4) is 0 Å². The normalized spacial score (nSPS) is 15.7. The number of aromatic nitrogens is 3. The summed E-state index contributed by atoms with van der Waals surface area (Å²) in [4.78, 5) is 17.3. The zero-order valence-electron chi connectivity index (χ0n) is 17.0. The maximum Gasteiger partial charge on any atom is 0.338 e. The van der Waals surface area contributed by atoms with E-state index in [1.165, 1.54) is 7.11 Å². The summed E-state index contributed by atoms with van der Waals surface area (Å²) < 4.78 is 13.6. The minimum absolute atomic E-state index is 0.413. The molecule has 2 aromatic rings. The highest BCUT2D eigenvalue weighted by Gasteiger charge is 2.36. The van der Waals surface area contributed by atoms with Crippen molar-refractivity contribution in [2.24, 2.45) is 0 Å². The highest BCUT2D eigenvalue weighted by Crippen LogP contribution is 2.41. The topological polar surface area (TPSA) is 78.3 Å². The third-order valence-corrected chi connectivity index (χ3v) is 5.95. The van der Waals surface area contributed by atoms with E-state index in [9.17, 15) is 4.79 Å². The number of hydrogen-bond donors (Lipinski definition) is 1. The molecule has 1 aliphatic heterocycles. The molecule has 0 bridgehead atoms. The Bertz CT molecular complexity index is 928. The molecule has 7 nitrogen and oxygen atoms in total. The number of methoxy groups -OCH3 is 1. The molecule has 1 atom stereocenters. The van der Waals surface area contributed by atoms with E-state index >= 15 is 0 Å². The van der Waals surface area contributed by atoms with Gasteiger partial charge < -0.3 is 14.8 Å². The van der Waals surface area contributed by atoms with Crippen LogP contribution in [0.2, 0.25) is 0 Å². The number of nitrogens with one attached hydrogen (secondary N) is 1. The van der Waals surface area contributed by atoms with Crippen LogP contribution in [0.4, 0.5) is 5.95 Å². The second kappa shape index (κ2) is 9.67. The molecule has 1 aromatic carbocycles. The molecule has 29 heavy (non-hydrogen) atoms. The number of halogens is 1. The fourth-order valence-electron chi connectivity index (χ4n) is 3.18. The fraction of sp³-hybridized carbons (Fsp3) is 0.450. The van der Waals surface area contributed by atoms with E-state index in [-0.39, 0.29) is 0 Å². The molecule has 0 fully saturated rings. The number of nitrogens with zero attached hydrogens (tertiary/aromatic N) is 3. The Balaban J connectivity index is 2.13. The number of rotatable bonds is 8. The van der Waals surface area contributed by atoms with Gasteiger partial charge in [-0.15, -0.1) is 5.10 Å². The van der Waals surface area contributed by atoms with Crippen LogP contribution in [-0.4, -0.2) is 40.2 Å². The van der Waals surface area contributed by atoms with E-state index in [1.807, 2.05) is 32.0 Å². The molecule has 0 radical (unpaired) electrons. The Morgan fingerprint density at radius 3 is 2.86 bits per heavy atom. The van der Waals surface area contributed by atoms with Crippen molar-refractivity contribution in [2.45, 2.75) is 44.8 Å². The van der Waals surface area contributed by atoms with Crippen LogP contribution in [0.5, 0.6) is 5.75 Å².